The zero-order valence-corrected chi connectivity index (χ0v) is 9.14. The normalized spacial score (nSPS) is 10.9. The van der Waals surface area contributed by atoms with Gasteiger partial charge in [0.05, 0.1) is 29.4 Å². The fourth-order valence-electron chi connectivity index (χ4n) is 1.27. The van der Waals surface area contributed by atoms with E-state index >= 15 is 0 Å². The van der Waals surface area contributed by atoms with Gasteiger partial charge in [-0.15, -0.1) is 0 Å². The van der Waals surface area contributed by atoms with Crippen LogP contribution in [0.15, 0.2) is 12.1 Å². The maximum atomic E-state index is 13.4. The Morgan fingerprint density at radius 2 is 2.06 bits per heavy atom. The van der Waals surface area contributed by atoms with Gasteiger partial charge >= 0.3 is 12.1 Å². The summed E-state index contributed by atoms with van der Waals surface area (Å²) >= 11 is 0. The average molecular weight is 261 g/mol. The van der Waals surface area contributed by atoms with Crippen LogP contribution in [0.2, 0.25) is 0 Å². The van der Waals surface area contributed by atoms with Crippen molar-refractivity contribution in [2.24, 2.45) is 0 Å². The van der Waals surface area contributed by atoms with Crippen molar-refractivity contribution in [2.75, 3.05) is 6.61 Å². The first-order chi connectivity index (χ1) is 8.31. The molecule has 0 fully saturated rings. The number of ether oxygens (including phenoxy) is 1. The molecule has 0 aromatic heterocycles. The summed E-state index contributed by atoms with van der Waals surface area (Å²) in [6, 6.07) is 1.88. The molecule has 7 heteroatoms. The summed E-state index contributed by atoms with van der Waals surface area (Å²) in [6.07, 6.45) is -4.85. The van der Waals surface area contributed by atoms with Gasteiger partial charge in [0.15, 0.2) is 0 Å². The number of hydrogen-bond acceptors (Lipinski definition) is 3. The molecule has 0 radical (unpaired) electrons. The Bertz CT molecular complexity index is 517. The fourth-order valence-corrected chi connectivity index (χ4v) is 1.27. The summed E-state index contributed by atoms with van der Waals surface area (Å²) in [5, 5.41) is 8.51. The number of nitrogens with zero attached hydrogens (tertiary/aromatic N) is 1. The van der Waals surface area contributed by atoms with Crippen molar-refractivity contribution < 1.29 is 27.1 Å². The van der Waals surface area contributed by atoms with Gasteiger partial charge in [0.1, 0.15) is 5.82 Å². The number of nitriles is 1. The van der Waals surface area contributed by atoms with Gasteiger partial charge < -0.3 is 4.74 Å². The second kappa shape index (κ2) is 5.04. The van der Waals surface area contributed by atoms with E-state index in [1.54, 1.807) is 0 Å². The molecule has 0 aliphatic rings. The molecule has 0 heterocycles. The Morgan fingerprint density at radius 1 is 1.44 bits per heavy atom. The van der Waals surface area contributed by atoms with Crippen LogP contribution in [-0.2, 0) is 10.9 Å². The summed E-state index contributed by atoms with van der Waals surface area (Å²) in [4.78, 5) is 11.2. The van der Waals surface area contributed by atoms with Gasteiger partial charge in [-0.1, -0.05) is 0 Å². The third kappa shape index (κ3) is 2.77. The van der Waals surface area contributed by atoms with Crippen molar-refractivity contribution in [3.63, 3.8) is 0 Å². The Hall–Kier alpha value is -2.10. The fraction of sp³-hybridized carbons (Fsp3) is 0.273. The average Bonchev–Trinajstić information content (AvgIpc) is 2.27. The number of carbonyl (C=O) groups excluding carboxylic acids is 1. The highest BCUT2D eigenvalue weighted by Gasteiger charge is 2.35. The lowest BCUT2D eigenvalue weighted by molar-refractivity contribution is -0.137. The molecule has 0 aliphatic carbocycles. The van der Waals surface area contributed by atoms with Crippen LogP contribution in [0.1, 0.15) is 28.4 Å². The maximum absolute atomic E-state index is 13.4. The Balaban J connectivity index is 3.41. The van der Waals surface area contributed by atoms with Crippen LogP contribution in [0.5, 0.6) is 0 Å². The van der Waals surface area contributed by atoms with Crippen LogP contribution < -0.4 is 0 Å². The lowest BCUT2D eigenvalue weighted by atomic mass is 10.0. The summed E-state index contributed by atoms with van der Waals surface area (Å²) in [5.41, 5.74) is -3.09. The molecule has 0 amide bonds. The molecule has 1 aromatic rings. The molecule has 0 unspecified atom stereocenters. The van der Waals surface area contributed by atoms with Gasteiger partial charge in [-0.25, -0.2) is 9.18 Å². The standard InChI is InChI=1S/C11H7F4NO2/c1-2-18-10(17)7-4-8(11(13,14)15)6(5-16)3-9(7)12/h3-4H,2H2,1H3. The third-order valence-electron chi connectivity index (χ3n) is 2.03. The molecule has 0 aliphatic heterocycles. The van der Waals surface area contributed by atoms with Crippen LogP contribution in [0, 0.1) is 17.1 Å². The van der Waals surface area contributed by atoms with Crippen molar-refractivity contribution in [1.29, 1.82) is 5.26 Å². The highest BCUT2D eigenvalue weighted by atomic mass is 19.4. The zero-order chi connectivity index (χ0) is 13.9. The van der Waals surface area contributed by atoms with E-state index in [1.165, 1.54) is 13.0 Å². The molecule has 18 heavy (non-hydrogen) atoms. The number of rotatable bonds is 2. The summed E-state index contributed by atoms with van der Waals surface area (Å²) in [6.45, 7) is 1.34. The van der Waals surface area contributed by atoms with E-state index in [4.69, 9.17) is 5.26 Å². The molecular weight excluding hydrogens is 254 g/mol. The van der Waals surface area contributed by atoms with Crippen LogP contribution in [0.4, 0.5) is 17.6 Å². The number of benzene rings is 1. The number of carbonyl (C=O) groups is 1. The number of halogens is 4. The molecule has 1 aromatic carbocycles. The second-order valence-corrected chi connectivity index (χ2v) is 3.21. The first kappa shape index (κ1) is 14.0. The van der Waals surface area contributed by atoms with Gasteiger partial charge in [-0.3, -0.25) is 0 Å². The Labute approximate surface area is 99.6 Å². The zero-order valence-electron chi connectivity index (χ0n) is 9.14. The van der Waals surface area contributed by atoms with E-state index in [0.717, 1.165) is 0 Å². The topological polar surface area (TPSA) is 50.1 Å². The van der Waals surface area contributed by atoms with E-state index in [-0.39, 0.29) is 12.7 Å². The lowest BCUT2D eigenvalue weighted by Crippen LogP contribution is -2.13. The predicted octanol–water partition coefficient (Wildman–Crippen LogP) is 2.89. The minimum absolute atomic E-state index is 0.0976. The number of alkyl halides is 3. The quantitative estimate of drug-likeness (QED) is 0.607. The maximum Gasteiger partial charge on any atom is 0.417 e. The van der Waals surface area contributed by atoms with Crippen molar-refractivity contribution in [1.82, 2.24) is 0 Å². The van der Waals surface area contributed by atoms with E-state index in [0.29, 0.717) is 6.07 Å². The third-order valence-corrected chi connectivity index (χ3v) is 2.03. The van der Waals surface area contributed by atoms with Crippen molar-refractivity contribution in [3.8, 4) is 6.07 Å². The molecule has 3 nitrogen and oxygen atoms in total. The molecular formula is C11H7F4NO2. The first-order valence-corrected chi connectivity index (χ1v) is 4.79. The van der Waals surface area contributed by atoms with Gasteiger partial charge in [0, 0.05) is 0 Å². The monoisotopic (exact) mass is 261 g/mol. The highest BCUT2D eigenvalue weighted by molar-refractivity contribution is 5.90. The van der Waals surface area contributed by atoms with Gasteiger partial charge in [-0.05, 0) is 19.1 Å². The highest BCUT2D eigenvalue weighted by Crippen LogP contribution is 2.33. The van der Waals surface area contributed by atoms with Crippen LogP contribution in [0.3, 0.4) is 0 Å². The predicted molar refractivity (Wildman–Crippen MR) is 52.1 cm³/mol. The van der Waals surface area contributed by atoms with E-state index in [2.05, 4.69) is 4.74 Å². The Morgan fingerprint density at radius 3 is 2.50 bits per heavy atom. The number of esters is 1. The second-order valence-electron chi connectivity index (χ2n) is 3.21. The van der Waals surface area contributed by atoms with Crippen molar-refractivity contribution in [3.05, 3.63) is 34.6 Å². The van der Waals surface area contributed by atoms with Crippen molar-refractivity contribution in [2.45, 2.75) is 13.1 Å². The van der Waals surface area contributed by atoms with E-state index in [9.17, 15) is 22.4 Å². The number of hydrogen-bond donors (Lipinski definition) is 0. The molecule has 0 bridgehead atoms. The first-order valence-electron chi connectivity index (χ1n) is 4.79. The van der Waals surface area contributed by atoms with E-state index < -0.39 is 34.7 Å². The minimum atomic E-state index is -4.85. The Kier molecular flexibility index (Phi) is 3.91. The molecule has 0 saturated heterocycles. The van der Waals surface area contributed by atoms with Crippen molar-refractivity contribution >= 4 is 5.97 Å². The molecule has 0 spiro atoms. The summed E-state index contributed by atoms with van der Waals surface area (Å²) in [7, 11) is 0. The molecule has 0 saturated carbocycles. The van der Waals surface area contributed by atoms with Gasteiger partial charge in [-0.2, -0.15) is 18.4 Å². The largest absolute Gasteiger partial charge is 0.462 e. The molecule has 1 rings (SSSR count). The van der Waals surface area contributed by atoms with E-state index in [1.807, 2.05) is 0 Å². The molecule has 96 valence electrons. The minimum Gasteiger partial charge on any atom is -0.462 e. The van der Waals surface area contributed by atoms with Crippen LogP contribution >= 0.6 is 0 Å². The molecule has 0 atom stereocenters. The van der Waals surface area contributed by atoms with Gasteiger partial charge in [0.2, 0.25) is 0 Å². The van der Waals surface area contributed by atoms with Gasteiger partial charge in [0.25, 0.3) is 0 Å². The van der Waals surface area contributed by atoms with Crippen LogP contribution in [0.25, 0.3) is 0 Å². The molecule has 0 N–H and O–H groups in total. The SMILES string of the molecule is CCOC(=O)c1cc(C(F)(F)F)c(C#N)cc1F. The lowest BCUT2D eigenvalue weighted by Gasteiger charge is -2.11. The van der Waals surface area contributed by atoms with Crippen LogP contribution in [-0.4, -0.2) is 12.6 Å². The summed E-state index contributed by atoms with van der Waals surface area (Å²) in [5.74, 6) is -2.43. The summed E-state index contributed by atoms with van der Waals surface area (Å²) < 4.78 is 55.5. The smallest absolute Gasteiger partial charge is 0.417 e.